The van der Waals surface area contributed by atoms with Gasteiger partial charge >= 0.3 is 5.69 Å². The number of nitrogens with zero attached hydrogens (tertiary/aromatic N) is 3. The van der Waals surface area contributed by atoms with Crippen LogP contribution in [0.25, 0.3) is 0 Å². The van der Waals surface area contributed by atoms with Gasteiger partial charge < -0.3 is 10.6 Å². The lowest BCUT2D eigenvalue weighted by Gasteiger charge is -2.06. The van der Waals surface area contributed by atoms with Gasteiger partial charge in [0.2, 0.25) is 17.0 Å². The molecule has 0 saturated carbocycles. The number of hydrogen-bond donors (Lipinski definition) is 2. The zero-order valence-corrected chi connectivity index (χ0v) is 11.1. The number of carbonyl (C=O) groups is 1. The highest BCUT2D eigenvalue weighted by atomic mass is 35.5. The maximum absolute atomic E-state index is 11.3. The Labute approximate surface area is 114 Å². The van der Waals surface area contributed by atoms with Crippen molar-refractivity contribution >= 4 is 29.0 Å². The van der Waals surface area contributed by atoms with E-state index in [1.807, 2.05) is 6.92 Å². The summed E-state index contributed by atoms with van der Waals surface area (Å²) in [5.41, 5.74) is -0.279. The van der Waals surface area contributed by atoms with Crippen molar-refractivity contribution in [2.45, 2.75) is 19.8 Å². The monoisotopic (exact) mass is 287 g/mol. The minimum atomic E-state index is -0.615. The van der Waals surface area contributed by atoms with Crippen LogP contribution in [0.2, 0.25) is 5.28 Å². The largest absolute Gasteiger partial charge is 0.364 e. The Morgan fingerprint density at radius 1 is 1.53 bits per heavy atom. The van der Waals surface area contributed by atoms with Crippen molar-refractivity contribution in [1.29, 1.82) is 0 Å². The molecule has 0 aliphatic rings. The van der Waals surface area contributed by atoms with E-state index < -0.39 is 4.92 Å². The molecule has 8 nitrogen and oxygen atoms in total. The van der Waals surface area contributed by atoms with Crippen molar-refractivity contribution in [3.05, 3.63) is 21.6 Å². The van der Waals surface area contributed by atoms with Crippen LogP contribution in [0.1, 0.15) is 19.8 Å². The second kappa shape index (κ2) is 7.47. The summed E-state index contributed by atoms with van der Waals surface area (Å²) in [5.74, 6) is -0.120. The van der Waals surface area contributed by atoms with E-state index in [0.717, 1.165) is 12.6 Å². The number of aromatic nitrogens is 2. The van der Waals surface area contributed by atoms with Gasteiger partial charge in [0, 0.05) is 19.5 Å². The van der Waals surface area contributed by atoms with Crippen molar-refractivity contribution in [1.82, 2.24) is 15.3 Å². The van der Waals surface area contributed by atoms with Crippen molar-refractivity contribution in [2.24, 2.45) is 0 Å². The molecule has 0 bridgehead atoms. The molecule has 1 aromatic heterocycles. The SMILES string of the molecule is CCCNC(=O)CCNc1nc(Cl)ncc1[N+](=O)[O-]. The van der Waals surface area contributed by atoms with E-state index in [-0.39, 0.29) is 35.7 Å². The van der Waals surface area contributed by atoms with Crippen molar-refractivity contribution in [3.63, 3.8) is 0 Å². The van der Waals surface area contributed by atoms with Gasteiger partial charge in [-0.2, -0.15) is 4.98 Å². The Kier molecular flexibility index (Phi) is 5.94. The summed E-state index contributed by atoms with van der Waals surface area (Å²) in [6.45, 7) is 2.78. The third kappa shape index (κ3) is 5.04. The molecule has 1 amide bonds. The van der Waals surface area contributed by atoms with Gasteiger partial charge in [0.1, 0.15) is 6.20 Å². The zero-order valence-electron chi connectivity index (χ0n) is 10.4. The number of nitro groups is 1. The Morgan fingerprint density at radius 3 is 2.89 bits per heavy atom. The number of hydrogen-bond acceptors (Lipinski definition) is 6. The van der Waals surface area contributed by atoms with Crippen LogP contribution in [0, 0.1) is 10.1 Å². The summed E-state index contributed by atoms with van der Waals surface area (Å²) in [6.07, 6.45) is 2.07. The third-order valence-corrected chi connectivity index (χ3v) is 2.34. The van der Waals surface area contributed by atoms with Crippen LogP contribution in [0.3, 0.4) is 0 Å². The molecule has 104 valence electrons. The molecule has 0 aliphatic heterocycles. The van der Waals surface area contributed by atoms with E-state index in [1.165, 1.54) is 0 Å². The van der Waals surface area contributed by atoms with Gasteiger partial charge in [0.05, 0.1) is 4.92 Å². The molecular weight excluding hydrogens is 274 g/mol. The van der Waals surface area contributed by atoms with Crippen molar-refractivity contribution in [2.75, 3.05) is 18.4 Å². The van der Waals surface area contributed by atoms with Crippen LogP contribution in [0.15, 0.2) is 6.20 Å². The van der Waals surface area contributed by atoms with Crippen LogP contribution in [0.4, 0.5) is 11.5 Å². The number of anilines is 1. The minimum Gasteiger partial charge on any atom is -0.364 e. The van der Waals surface area contributed by atoms with Crippen LogP contribution >= 0.6 is 11.6 Å². The number of carbonyl (C=O) groups excluding carboxylic acids is 1. The van der Waals surface area contributed by atoms with Crippen LogP contribution in [-0.4, -0.2) is 33.9 Å². The Balaban J connectivity index is 2.55. The molecule has 0 atom stereocenters. The van der Waals surface area contributed by atoms with Crippen LogP contribution in [-0.2, 0) is 4.79 Å². The quantitative estimate of drug-likeness (QED) is 0.445. The number of halogens is 1. The van der Waals surface area contributed by atoms with Gasteiger partial charge in [0.25, 0.3) is 0 Å². The lowest BCUT2D eigenvalue weighted by molar-refractivity contribution is -0.384. The summed E-state index contributed by atoms with van der Waals surface area (Å²) in [5, 5.41) is 16.0. The highest BCUT2D eigenvalue weighted by Crippen LogP contribution is 2.21. The molecule has 1 rings (SSSR count). The average Bonchev–Trinajstić information content (AvgIpc) is 2.36. The van der Waals surface area contributed by atoms with E-state index in [0.29, 0.717) is 6.54 Å². The third-order valence-electron chi connectivity index (χ3n) is 2.15. The number of nitrogens with one attached hydrogen (secondary N) is 2. The zero-order chi connectivity index (χ0) is 14.3. The van der Waals surface area contributed by atoms with E-state index in [1.54, 1.807) is 0 Å². The van der Waals surface area contributed by atoms with Gasteiger partial charge in [-0.25, -0.2) is 4.98 Å². The normalized spacial score (nSPS) is 10.0. The topological polar surface area (TPSA) is 110 Å². The molecule has 0 aromatic carbocycles. The highest BCUT2D eigenvalue weighted by Gasteiger charge is 2.16. The molecule has 0 unspecified atom stereocenters. The van der Waals surface area contributed by atoms with Crippen molar-refractivity contribution < 1.29 is 9.72 Å². The average molecular weight is 288 g/mol. The Morgan fingerprint density at radius 2 is 2.26 bits per heavy atom. The van der Waals surface area contributed by atoms with Crippen LogP contribution in [0.5, 0.6) is 0 Å². The van der Waals surface area contributed by atoms with Gasteiger partial charge in [-0.15, -0.1) is 0 Å². The van der Waals surface area contributed by atoms with E-state index in [9.17, 15) is 14.9 Å². The second-order valence-electron chi connectivity index (χ2n) is 3.66. The maximum atomic E-state index is 11.3. The molecule has 0 aliphatic carbocycles. The predicted molar refractivity (Wildman–Crippen MR) is 70.1 cm³/mol. The summed E-state index contributed by atoms with van der Waals surface area (Å²) < 4.78 is 0. The number of rotatable bonds is 7. The standard InChI is InChI=1S/C10H14ClN5O3/c1-2-4-12-8(17)3-5-13-9-7(16(18)19)6-14-10(11)15-9/h6H,2-5H2,1H3,(H,12,17)(H,13,14,15). The first-order chi connectivity index (χ1) is 9.04. The molecular formula is C10H14ClN5O3. The predicted octanol–water partition coefficient (Wildman–Crippen LogP) is 1.37. The molecule has 9 heteroatoms. The van der Waals surface area contributed by atoms with Gasteiger partial charge in [0.15, 0.2) is 0 Å². The van der Waals surface area contributed by atoms with E-state index in [2.05, 4.69) is 20.6 Å². The molecule has 0 spiro atoms. The summed E-state index contributed by atoms with van der Waals surface area (Å²) in [4.78, 5) is 28.7. The first-order valence-corrected chi connectivity index (χ1v) is 6.10. The first-order valence-electron chi connectivity index (χ1n) is 5.72. The molecule has 0 radical (unpaired) electrons. The first kappa shape index (κ1) is 15.1. The second-order valence-corrected chi connectivity index (χ2v) is 3.99. The molecule has 19 heavy (non-hydrogen) atoms. The summed E-state index contributed by atoms with van der Waals surface area (Å²) in [7, 11) is 0. The maximum Gasteiger partial charge on any atom is 0.329 e. The lowest BCUT2D eigenvalue weighted by Crippen LogP contribution is -2.26. The Hall–Kier alpha value is -1.96. The molecule has 0 saturated heterocycles. The minimum absolute atomic E-state index is 0.00768. The number of amides is 1. The fourth-order valence-electron chi connectivity index (χ4n) is 1.26. The summed E-state index contributed by atoms with van der Waals surface area (Å²) >= 11 is 5.57. The molecule has 1 heterocycles. The summed E-state index contributed by atoms with van der Waals surface area (Å²) in [6, 6.07) is 0. The van der Waals surface area contributed by atoms with E-state index in [4.69, 9.17) is 11.6 Å². The molecule has 1 aromatic rings. The van der Waals surface area contributed by atoms with Gasteiger partial charge in [-0.3, -0.25) is 14.9 Å². The van der Waals surface area contributed by atoms with E-state index >= 15 is 0 Å². The smallest absolute Gasteiger partial charge is 0.329 e. The fraction of sp³-hybridized carbons (Fsp3) is 0.500. The van der Waals surface area contributed by atoms with Crippen molar-refractivity contribution in [3.8, 4) is 0 Å². The highest BCUT2D eigenvalue weighted by molar-refractivity contribution is 6.28. The van der Waals surface area contributed by atoms with Gasteiger partial charge in [-0.05, 0) is 18.0 Å². The molecule has 0 fully saturated rings. The lowest BCUT2D eigenvalue weighted by atomic mass is 10.3. The molecule has 2 N–H and O–H groups in total. The fourth-order valence-corrected chi connectivity index (χ4v) is 1.40. The Bertz CT molecular complexity index is 468. The van der Waals surface area contributed by atoms with Crippen LogP contribution < -0.4 is 10.6 Å². The van der Waals surface area contributed by atoms with Gasteiger partial charge in [-0.1, -0.05) is 6.92 Å².